The van der Waals surface area contributed by atoms with Gasteiger partial charge in [-0.2, -0.15) is 0 Å². The van der Waals surface area contributed by atoms with Gasteiger partial charge in [-0.3, -0.25) is 14.5 Å². The van der Waals surface area contributed by atoms with Crippen LogP contribution in [0.25, 0.3) is 0 Å². The lowest BCUT2D eigenvalue weighted by molar-refractivity contribution is -0.117. The summed E-state index contributed by atoms with van der Waals surface area (Å²) in [6, 6.07) is 1.59. The van der Waals surface area contributed by atoms with Gasteiger partial charge in [0.05, 0.1) is 18.2 Å². The molecule has 1 saturated heterocycles. The molecular formula is C12H17N3O3S. The molecule has 1 aliphatic heterocycles. The number of aliphatic hydroxyl groups excluding tert-OH is 1. The molecule has 7 heteroatoms. The van der Waals surface area contributed by atoms with Crippen LogP contribution in [0.2, 0.25) is 0 Å². The molecule has 4 N–H and O–H groups in total. The highest BCUT2D eigenvalue weighted by Crippen LogP contribution is 2.22. The summed E-state index contributed by atoms with van der Waals surface area (Å²) in [6.07, 6.45) is 1.32. The molecule has 0 radical (unpaired) electrons. The first-order valence-corrected chi connectivity index (χ1v) is 7.02. The monoisotopic (exact) mass is 283 g/mol. The van der Waals surface area contributed by atoms with Gasteiger partial charge >= 0.3 is 0 Å². The molecule has 2 rings (SSSR count). The van der Waals surface area contributed by atoms with Crippen LogP contribution in [0.5, 0.6) is 0 Å². The largest absolute Gasteiger partial charge is 0.392 e. The van der Waals surface area contributed by atoms with Crippen LogP contribution in [0.4, 0.5) is 5.00 Å². The van der Waals surface area contributed by atoms with Crippen molar-refractivity contribution in [3.63, 3.8) is 0 Å². The Morgan fingerprint density at radius 1 is 1.58 bits per heavy atom. The first-order valence-electron chi connectivity index (χ1n) is 6.14. The van der Waals surface area contributed by atoms with E-state index in [1.54, 1.807) is 11.4 Å². The standard InChI is InChI=1S/C12H17N3O3S/c13-11(18)9-3-5-19-12(9)14-10(17)7-15-4-1-2-8(16)6-15/h3,5,8,16H,1-2,4,6-7H2,(H2,13,18)(H,14,17)/t8-/m1/s1. The van der Waals surface area contributed by atoms with Gasteiger partial charge in [-0.1, -0.05) is 0 Å². The summed E-state index contributed by atoms with van der Waals surface area (Å²) in [5, 5.41) is 14.4. The van der Waals surface area contributed by atoms with Gasteiger partial charge in [-0.05, 0) is 30.8 Å². The molecule has 1 atom stereocenters. The highest BCUT2D eigenvalue weighted by Gasteiger charge is 2.20. The molecule has 104 valence electrons. The number of nitrogens with two attached hydrogens (primary N) is 1. The topological polar surface area (TPSA) is 95.7 Å². The van der Waals surface area contributed by atoms with E-state index in [1.165, 1.54) is 11.3 Å². The summed E-state index contributed by atoms with van der Waals surface area (Å²) < 4.78 is 0. The minimum Gasteiger partial charge on any atom is -0.392 e. The fourth-order valence-corrected chi connectivity index (χ4v) is 2.95. The summed E-state index contributed by atoms with van der Waals surface area (Å²) in [7, 11) is 0. The van der Waals surface area contributed by atoms with E-state index in [4.69, 9.17) is 5.73 Å². The van der Waals surface area contributed by atoms with Crippen molar-refractivity contribution in [3.8, 4) is 0 Å². The number of hydrogen-bond donors (Lipinski definition) is 3. The Bertz CT molecular complexity index is 475. The molecule has 1 aliphatic rings. The summed E-state index contributed by atoms with van der Waals surface area (Å²) in [5.74, 6) is -0.746. The first kappa shape index (κ1) is 14.0. The average Bonchev–Trinajstić information content (AvgIpc) is 2.76. The van der Waals surface area contributed by atoms with Crippen LogP contribution < -0.4 is 11.1 Å². The number of likely N-dealkylation sites (tertiary alicyclic amines) is 1. The van der Waals surface area contributed by atoms with E-state index in [1.807, 2.05) is 4.90 Å². The maximum atomic E-state index is 11.9. The molecule has 6 nitrogen and oxygen atoms in total. The molecule has 19 heavy (non-hydrogen) atoms. The smallest absolute Gasteiger partial charge is 0.251 e. The number of carbonyl (C=O) groups excluding carboxylic acids is 2. The molecule has 0 aliphatic carbocycles. The molecule has 2 heterocycles. The molecule has 1 aromatic heterocycles. The van der Waals surface area contributed by atoms with E-state index in [0.717, 1.165) is 19.4 Å². The van der Waals surface area contributed by atoms with Crippen molar-refractivity contribution in [1.82, 2.24) is 4.90 Å². The summed E-state index contributed by atoms with van der Waals surface area (Å²) in [6.45, 7) is 1.53. The van der Waals surface area contributed by atoms with Crippen LogP contribution in [-0.4, -0.2) is 47.6 Å². The Kier molecular flexibility index (Phi) is 4.52. The Labute approximate surface area is 115 Å². The maximum Gasteiger partial charge on any atom is 0.251 e. The van der Waals surface area contributed by atoms with E-state index in [2.05, 4.69) is 5.32 Å². The Morgan fingerprint density at radius 3 is 3.05 bits per heavy atom. The van der Waals surface area contributed by atoms with Crippen LogP contribution in [0.15, 0.2) is 11.4 Å². The predicted molar refractivity (Wildman–Crippen MR) is 73.1 cm³/mol. The Hall–Kier alpha value is -1.44. The number of carbonyl (C=O) groups is 2. The van der Waals surface area contributed by atoms with Gasteiger partial charge in [0.1, 0.15) is 5.00 Å². The quantitative estimate of drug-likeness (QED) is 0.737. The number of primary amides is 1. The van der Waals surface area contributed by atoms with Gasteiger partial charge in [0, 0.05) is 6.54 Å². The lowest BCUT2D eigenvalue weighted by Gasteiger charge is -2.29. The molecule has 2 amide bonds. The van der Waals surface area contributed by atoms with E-state index in [-0.39, 0.29) is 18.6 Å². The van der Waals surface area contributed by atoms with E-state index in [0.29, 0.717) is 17.1 Å². The zero-order chi connectivity index (χ0) is 13.8. The van der Waals surface area contributed by atoms with Crippen molar-refractivity contribution >= 4 is 28.2 Å². The Balaban J connectivity index is 1.90. The molecule has 1 fully saturated rings. The number of thiophene rings is 1. The molecule has 0 bridgehead atoms. The van der Waals surface area contributed by atoms with Crippen LogP contribution in [0.1, 0.15) is 23.2 Å². The number of rotatable bonds is 4. The number of hydrogen-bond acceptors (Lipinski definition) is 5. The van der Waals surface area contributed by atoms with Crippen molar-refractivity contribution in [2.75, 3.05) is 25.0 Å². The first-order chi connectivity index (χ1) is 9.06. The number of anilines is 1. The van der Waals surface area contributed by atoms with E-state index in [9.17, 15) is 14.7 Å². The molecule has 0 spiro atoms. The Morgan fingerprint density at radius 2 is 2.37 bits per heavy atom. The number of amides is 2. The predicted octanol–water partition coefficient (Wildman–Crippen LogP) is 0.242. The number of nitrogens with one attached hydrogen (secondary N) is 1. The maximum absolute atomic E-state index is 11.9. The second-order valence-corrected chi connectivity index (χ2v) is 5.52. The van der Waals surface area contributed by atoms with Gasteiger partial charge in [0.25, 0.3) is 5.91 Å². The summed E-state index contributed by atoms with van der Waals surface area (Å²) in [5.41, 5.74) is 5.54. The van der Waals surface area contributed by atoms with Crippen molar-refractivity contribution in [1.29, 1.82) is 0 Å². The van der Waals surface area contributed by atoms with Crippen LogP contribution >= 0.6 is 11.3 Å². The number of nitrogens with zero attached hydrogens (tertiary/aromatic N) is 1. The number of aliphatic hydroxyl groups is 1. The van der Waals surface area contributed by atoms with Crippen LogP contribution in [0.3, 0.4) is 0 Å². The van der Waals surface area contributed by atoms with Crippen molar-refractivity contribution in [2.24, 2.45) is 5.73 Å². The van der Waals surface area contributed by atoms with Gasteiger partial charge in [-0.25, -0.2) is 0 Å². The number of β-amino-alcohol motifs (C(OH)–C–C–N with tert-alkyl or cyclic N) is 1. The lowest BCUT2D eigenvalue weighted by atomic mass is 10.1. The van der Waals surface area contributed by atoms with Crippen molar-refractivity contribution in [2.45, 2.75) is 18.9 Å². The second-order valence-electron chi connectivity index (χ2n) is 4.61. The third-order valence-corrected chi connectivity index (χ3v) is 3.86. The third kappa shape index (κ3) is 3.76. The van der Waals surface area contributed by atoms with Gasteiger partial charge in [0.15, 0.2) is 0 Å². The fraction of sp³-hybridized carbons (Fsp3) is 0.500. The van der Waals surface area contributed by atoms with Crippen LogP contribution in [0, 0.1) is 0 Å². The normalized spacial score (nSPS) is 20.2. The molecular weight excluding hydrogens is 266 g/mol. The summed E-state index contributed by atoms with van der Waals surface area (Å²) >= 11 is 1.27. The molecule has 0 saturated carbocycles. The molecule has 1 aromatic rings. The van der Waals surface area contributed by atoms with Crippen molar-refractivity contribution in [3.05, 3.63) is 17.0 Å². The van der Waals surface area contributed by atoms with E-state index >= 15 is 0 Å². The SMILES string of the molecule is NC(=O)c1ccsc1NC(=O)CN1CCC[C@@H](O)C1. The van der Waals surface area contributed by atoms with Gasteiger partial charge < -0.3 is 16.2 Å². The average molecular weight is 283 g/mol. The van der Waals surface area contributed by atoms with E-state index < -0.39 is 5.91 Å². The second kappa shape index (κ2) is 6.14. The zero-order valence-corrected chi connectivity index (χ0v) is 11.3. The highest BCUT2D eigenvalue weighted by molar-refractivity contribution is 7.14. The fourth-order valence-electron chi connectivity index (χ4n) is 2.14. The summed E-state index contributed by atoms with van der Waals surface area (Å²) in [4.78, 5) is 24.9. The molecule has 0 aromatic carbocycles. The third-order valence-electron chi connectivity index (χ3n) is 3.03. The zero-order valence-electron chi connectivity index (χ0n) is 10.5. The minimum atomic E-state index is -0.551. The molecule has 0 unspecified atom stereocenters. The minimum absolute atomic E-state index is 0.195. The van der Waals surface area contributed by atoms with Gasteiger partial charge in [0.2, 0.25) is 5.91 Å². The lowest BCUT2D eigenvalue weighted by Crippen LogP contribution is -2.42. The van der Waals surface area contributed by atoms with Crippen LogP contribution in [-0.2, 0) is 4.79 Å². The number of piperidine rings is 1. The van der Waals surface area contributed by atoms with Gasteiger partial charge in [-0.15, -0.1) is 11.3 Å². The highest BCUT2D eigenvalue weighted by atomic mass is 32.1. The van der Waals surface area contributed by atoms with Crippen molar-refractivity contribution < 1.29 is 14.7 Å².